The van der Waals surface area contributed by atoms with Crippen molar-refractivity contribution in [2.45, 2.75) is 51.5 Å². The second-order valence-corrected chi connectivity index (χ2v) is 5.89. The number of carboxylic acid groups (broad SMARTS) is 1. The van der Waals surface area contributed by atoms with Gasteiger partial charge in [0.25, 0.3) is 5.91 Å². The predicted octanol–water partition coefficient (Wildman–Crippen LogP) is 1.92. The summed E-state index contributed by atoms with van der Waals surface area (Å²) in [6, 6.07) is 0.307. The lowest BCUT2D eigenvalue weighted by molar-refractivity contribution is -0.137. The molecule has 0 aliphatic carbocycles. The SMILES string of the molecule is Cc1c(C(=O)NCCCCCC(=O)O)cnn1C1CCOCC1. The molecule has 1 aromatic heterocycles. The van der Waals surface area contributed by atoms with Crippen LogP contribution in [0.25, 0.3) is 0 Å². The molecular weight excluding hydrogens is 298 g/mol. The summed E-state index contributed by atoms with van der Waals surface area (Å²) in [5.74, 6) is -0.885. The summed E-state index contributed by atoms with van der Waals surface area (Å²) in [5, 5.41) is 15.8. The number of amides is 1. The molecule has 0 atom stereocenters. The van der Waals surface area contributed by atoms with Crippen molar-refractivity contribution in [3.8, 4) is 0 Å². The molecule has 0 radical (unpaired) electrons. The van der Waals surface area contributed by atoms with Gasteiger partial charge in [-0.25, -0.2) is 0 Å². The normalized spacial score (nSPS) is 15.5. The molecule has 7 nitrogen and oxygen atoms in total. The number of hydrogen-bond acceptors (Lipinski definition) is 4. The maximum Gasteiger partial charge on any atom is 0.303 e. The van der Waals surface area contributed by atoms with E-state index in [-0.39, 0.29) is 12.3 Å². The van der Waals surface area contributed by atoms with Crippen LogP contribution in [0.4, 0.5) is 0 Å². The number of aliphatic carboxylic acids is 1. The van der Waals surface area contributed by atoms with E-state index in [1.54, 1.807) is 6.20 Å². The number of aromatic nitrogens is 2. The van der Waals surface area contributed by atoms with Gasteiger partial charge in [-0.2, -0.15) is 5.10 Å². The summed E-state index contributed by atoms with van der Waals surface area (Å²) in [6.45, 7) is 3.95. The van der Waals surface area contributed by atoms with Gasteiger partial charge in [0.2, 0.25) is 0 Å². The van der Waals surface area contributed by atoms with E-state index in [0.29, 0.717) is 24.6 Å². The van der Waals surface area contributed by atoms with E-state index in [9.17, 15) is 9.59 Å². The lowest BCUT2D eigenvalue weighted by Crippen LogP contribution is -2.26. The van der Waals surface area contributed by atoms with Crippen LogP contribution in [0.3, 0.4) is 0 Å². The molecule has 7 heteroatoms. The quantitative estimate of drug-likeness (QED) is 0.713. The summed E-state index contributed by atoms with van der Waals surface area (Å²) in [4.78, 5) is 22.6. The highest BCUT2D eigenvalue weighted by Crippen LogP contribution is 2.23. The van der Waals surface area contributed by atoms with Gasteiger partial charge in [0.15, 0.2) is 0 Å². The number of unbranched alkanes of at least 4 members (excludes halogenated alkanes) is 2. The predicted molar refractivity (Wildman–Crippen MR) is 84.5 cm³/mol. The fourth-order valence-electron chi connectivity index (χ4n) is 2.82. The first-order valence-corrected chi connectivity index (χ1v) is 8.21. The first-order valence-electron chi connectivity index (χ1n) is 8.21. The van der Waals surface area contributed by atoms with Crippen molar-refractivity contribution < 1.29 is 19.4 Å². The van der Waals surface area contributed by atoms with Crippen molar-refractivity contribution in [1.82, 2.24) is 15.1 Å². The third-order valence-corrected chi connectivity index (χ3v) is 4.18. The Morgan fingerprint density at radius 3 is 2.78 bits per heavy atom. The zero-order valence-corrected chi connectivity index (χ0v) is 13.6. The van der Waals surface area contributed by atoms with Gasteiger partial charge in [0.1, 0.15) is 0 Å². The summed E-state index contributed by atoms with van der Waals surface area (Å²) in [5.41, 5.74) is 1.50. The zero-order chi connectivity index (χ0) is 16.7. The van der Waals surface area contributed by atoms with Crippen LogP contribution in [-0.4, -0.2) is 46.5 Å². The van der Waals surface area contributed by atoms with Gasteiger partial charge in [-0.05, 0) is 32.6 Å². The second-order valence-electron chi connectivity index (χ2n) is 5.89. The van der Waals surface area contributed by atoms with E-state index in [0.717, 1.165) is 44.6 Å². The van der Waals surface area contributed by atoms with Gasteiger partial charge in [-0.3, -0.25) is 14.3 Å². The van der Waals surface area contributed by atoms with Gasteiger partial charge in [-0.1, -0.05) is 6.42 Å². The number of carbonyl (C=O) groups is 2. The Kier molecular flexibility index (Phi) is 6.58. The lowest BCUT2D eigenvalue weighted by Gasteiger charge is -2.23. The highest BCUT2D eigenvalue weighted by molar-refractivity contribution is 5.95. The van der Waals surface area contributed by atoms with Crippen LogP contribution in [-0.2, 0) is 9.53 Å². The van der Waals surface area contributed by atoms with Crippen LogP contribution < -0.4 is 5.32 Å². The topological polar surface area (TPSA) is 93.5 Å². The third-order valence-electron chi connectivity index (χ3n) is 4.18. The smallest absolute Gasteiger partial charge is 0.303 e. The van der Waals surface area contributed by atoms with Crippen LogP contribution in [0.5, 0.6) is 0 Å². The first-order chi connectivity index (χ1) is 11.1. The standard InChI is InChI=1S/C16H25N3O4/c1-12-14(11-18-19(12)13-6-9-23-10-7-13)16(22)17-8-4-2-3-5-15(20)21/h11,13H,2-10H2,1H3,(H,17,22)(H,20,21). The molecule has 1 aliphatic rings. The number of nitrogens with zero attached hydrogens (tertiary/aromatic N) is 2. The second kappa shape index (κ2) is 8.67. The van der Waals surface area contributed by atoms with Crippen molar-refractivity contribution in [2.75, 3.05) is 19.8 Å². The zero-order valence-electron chi connectivity index (χ0n) is 13.6. The fraction of sp³-hybridized carbons (Fsp3) is 0.688. The minimum absolute atomic E-state index is 0.112. The van der Waals surface area contributed by atoms with E-state index in [2.05, 4.69) is 10.4 Å². The van der Waals surface area contributed by atoms with Crippen LogP contribution in [0.15, 0.2) is 6.20 Å². The average Bonchev–Trinajstić information content (AvgIpc) is 2.93. The Labute approximate surface area is 136 Å². The summed E-state index contributed by atoms with van der Waals surface area (Å²) >= 11 is 0. The molecule has 1 aliphatic heterocycles. The Bertz CT molecular complexity index is 535. The van der Waals surface area contributed by atoms with Crippen molar-refractivity contribution in [3.05, 3.63) is 17.5 Å². The number of rotatable bonds is 8. The minimum Gasteiger partial charge on any atom is -0.481 e. The molecule has 1 aromatic rings. The molecular formula is C16H25N3O4. The Morgan fingerprint density at radius 2 is 2.09 bits per heavy atom. The number of carbonyl (C=O) groups excluding carboxylic acids is 1. The highest BCUT2D eigenvalue weighted by atomic mass is 16.5. The summed E-state index contributed by atoms with van der Waals surface area (Å²) < 4.78 is 7.29. The molecule has 2 N–H and O–H groups in total. The maximum atomic E-state index is 12.2. The Morgan fingerprint density at radius 1 is 1.35 bits per heavy atom. The number of ether oxygens (including phenoxy) is 1. The number of nitrogens with one attached hydrogen (secondary N) is 1. The molecule has 0 bridgehead atoms. The van der Waals surface area contributed by atoms with Crippen LogP contribution in [0, 0.1) is 6.92 Å². The molecule has 0 aromatic carbocycles. The molecule has 0 saturated carbocycles. The Hall–Kier alpha value is -1.89. The van der Waals surface area contributed by atoms with E-state index in [1.807, 2.05) is 11.6 Å². The monoisotopic (exact) mass is 323 g/mol. The molecule has 23 heavy (non-hydrogen) atoms. The van der Waals surface area contributed by atoms with Gasteiger partial charge >= 0.3 is 5.97 Å². The summed E-state index contributed by atoms with van der Waals surface area (Å²) in [6.07, 6.45) is 5.89. The van der Waals surface area contributed by atoms with Crippen molar-refractivity contribution in [2.24, 2.45) is 0 Å². The van der Waals surface area contributed by atoms with E-state index >= 15 is 0 Å². The van der Waals surface area contributed by atoms with Gasteiger partial charge in [0.05, 0.1) is 17.8 Å². The average molecular weight is 323 g/mol. The van der Waals surface area contributed by atoms with Crippen LogP contribution in [0.2, 0.25) is 0 Å². The first kappa shape index (κ1) is 17.5. The fourth-order valence-corrected chi connectivity index (χ4v) is 2.82. The third kappa shape index (κ3) is 5.06. The number of hydrogen-bond donors (Lipinski definition) is 2. The highest BCUT2D eigenvalue weighted by Gasteiger charge is 2.21. The minimum atomic E-state index is -0.773. The molecule has 1 amide bonds. The molecule has 0 unspecified atom stereocenters. The molecule has 2 rings (SSSR count). The molecule has 1 fully saturated rings. The van der Waals surface area contributed by atoms with E-state index in [1.165, 1.54) is 0 Å². The van der Waals surface area contributed by atoms with Gasteiger partial charge in [-0.15, -0.1) is 0 Å². The van der Waals surface area contributed by atoms with Gasteiger partial charge < -0.3 is 15.2 Å². The molecule has 2 heterocycles. The summed E-state index contributed by atoms with van der Waals surface area (Å²) in [7, 11) is 0. The van der Waals surface area contributed by atoms with E-state index < -0.39 is 5.97 Å². The maximum absolute atomic E-state index is 12.2. The van der Waals surface area contributed by atoms with Crippen LogP contribution >= 0.6 is 0 Å². The van der Waals surface area contributed by atoms with Crippen molar-refractivity contribution in [1.29, 1.82) is 0 Å². The van der Waals surface area contributed by atoms with Gasteiger partial charge in [0, 0.05) is 31.9 Å². The van der Waals surface area contributed by atoms with Crippen molar-refractivity contribution in [3.63, 3.8) is 0 Å². The molecule has 128 valence electrons. The van der Waals surface area contributed by atoms with E-state index in [4.69, 9.17) is 9.84 Å². The lowest BCUT2D eigenvalue weighted by atomic mass is 10.1. The van der Waals surface area contributed by atoms with Crippen molar-refractivity contribution >= 4 is 11.9 Å². The Balaban J connectivity index is 1.78. The molecule has 1 saturated heterocycles. The molecule has 0 spiro atoms. The number of carboxylic acids is 1. The largest absolute Gasteiger partial charge is 0.481 e. The van der Waals surface area contributed by atoms with Crippen LogP contribution in [0.1, 0.15) is 60.6 Å².